The van der Waals surface area contributed by atoms with E-state index in [0.717, 1.165) is 12.8 Å². The van der Waals surface area contributed by atoms with Crippen molar-refractivity contribution in [2.75, 3.05) is 10.6 Å². The Morgan fingerprint density at radius 2 is 1.53 bits per heavy atom. The molecule has 19 heavy (non-hydrogen) atoms. The summed E-state index contributed by atoms with van der Waals surface area (Å²) in [4.78, 5) is 22.8. The maximum atomic E-state index is 12.0. The molecule has 102 valence electrons. The van der Waals surface area contributed by atoms with Crippen LogP contribution in [0.5, 0.6) is 0 Å². The van der Waals surface area contributed by atoms with E-state index in [-0.39, 0.29) is 11.8 Å². The highest BCUT2D eigenvalue weighted by Crippen LogP contribution is 2.30. The van der Waals surface area contributed by atoms with Crippen LogP contribution >= 0.6 is 0 Å². The second kappa shape index (κ2) is 5.40. The SMILES string of the molecule is CC(=O)Nc1ccc(NC(=O)C2(O)CCCC2)cc1. The van der Waals surface area contributed by atoms with Crippen LogP contribution in [-0.4, -0.2) is 22.5 Å². The lowest BCUT2D eigenvalue weighted by atomic mass is 10.0. The molecule has 5 heteroatoms. The van der Waals surface area contributed by atoms with Gasteiger partial charge < -0.3 is 15.7 Å². The van der Waals surface area contributed by atoms with Crippen molar-refractivity contribution >= 4 is 23.2 Å². The fourth-order valence-corrected chi connectivity index (χ4v) is 2.27. The van der Waals surface area contributed by atoms with E-state index >= 15 is 0 Å². The molecule has 0 aromatic heterocycles. The zero-order valence-corrected chi connectivity index (χ0v) is 10.9. The molecule has 1 saturated carbocycles. The third-order valence-electron chi connectivity index (χ3n) is 3.32. The largest absolute Gasteiger partial charge is 0.380 e. The molecule has 2 amide bonds. The average molecular weight is 262 g/mol. The first kappa shape index (κ1) is 13.5. The van der Waals surface area contributed by atoms with E-state index in [0.29, 0.717) is 24.2 Å². The number of amides is 2. The molecule has 0 atom stereocenters. The van der Waals surface area contributed by atoms with Crippen LogP contribution in [0.3, 0.4) is 0 Å². The fourth-order valence-electron chi connectivity index (χ4n) is 2.27. The Hall–Kier alpha value is -1.88. The third kappa shape index (κ3) is 3.32. The minimum Gasteiger partial charge on any atom is -0.380 e. The Kier molecular flexibility index (Phi) is 3.85. The summed E-state index contributed by atoms with van der Waals surface area (Å²) >= 11 is 0. The molecule has 0 aliphatic heterocycles. The van der Waals surface area contributed by atoms with Gasteiger partial charge in [0, 0.05) is 18.3 Å². The molecule has 1 aliphatic carbocycles. The van der Waals surface area contributed by atoms with E-state index in [4.69, 9.17) is 0 Å². The van der Waals surface area contributed by atoms with Gasteiger partial charge in [-0.1, -0.05) is 0 Å². The minimum atomic E-state index is -1.23. The molecule has 5 nitrogen and oxygen atoms in total. The molecule has 1 aromatic rings. The summed E-state index contributed by atoms with van der Waals surface area (Å²) in [5, 5.41) is 15.5. The van der Waals surface area contributed by atoms with E-state index in [2.05, 4.69) is 10.6 Å². The Labute approximate surface area is 112 Å². The van der Waals surface area contributed by atoms with Gasteiger partial charge in [0.1, 0.15) is 5.60 Å². The monoisotopic (exact) mass is 262 g/mol. The normalized spacial score (nSPS) is 16.9. The number of benzene rings is 1. The summed E-state index contributed by atoms with van der Waals surface area (Å²) in [5.74, 6) is -0.491. The molecular weight excluding hydrogens is 244 g/mol. The van der Waals surface area contributed by atoms with E-state index in [1.54, 1.807) is 24.3 Å². The molecule has 2 rings (SSSR count). The highest BCUT2D eigenvalue weighted by molar-refractivity contribution is 5.97. The third-order valence-corrected chi connectivity index (χ3v) is 3.32. The number of carbonyl (C=O) groups is 2. The zero-order valence-electron chi connectivity index (χ0n) is 10.9. The molecule has 0 unspecified atom stereocenters. The standard InChI is InChI=1S/C14H18N2O3/c1-10(17)15-11-4-6-12(7-5-11)16-13(18)14(19)8-2-3-9-14/h4-7,19H,2-3,8-9H2,1H3,(H,15,17)(H,16,18). The van der Waals surface area contributed by atoms with E-state index < -0.39 is 5.60 Å². The number of nitrogens with one attached hydrogen (secondary N) is 2. The summed E-state index contributed by atoms with van der Waals surface area (Å²) in [6, 6.07) is 6.80. The van der Waals surface area contributed by atoms with E-state index in [9.17, 15) is 14.7 Å². The van der Waals surface area contributed by atoms with Crippen LogP contribution in [0.15, 0.2) is 24.3 Å². The van der Waals surface area contributed by atoms with Gasteiger partial charge in [0.15, 0.2) is 0 Å². The van der Waals surface area contributed by atoms with Gasteiger partial charge in [-0.2, -0.15) is 0 Å². The molecule has 0 radical (unpaired) electrons. The van der Waals surface area contributed by atoms with Crippen molar-refractivity contribution in [3.8, 4) is 0 Å². The van der Waals surface area contributed by atoms with Crippen molar-refractivity contribution in [3.05, 3.63) is 24.3 Å². The van der Waals surface area contributed by atoms with Crippen LogP contribution in [0, 0.1) is 0 Å². The second-order valence-electron chi connectivity index (χ2n) is 4.95. The summed E-state index contributed by atoms with van der Waals surface area (Å²) in [6.45, 7) is 1.44. The van der Waals surface area contributed by atoms with Gasteiger partial charge in [0.05, 0.1) is 0 Å². The molecule has 1 aliphatic rings. The summed E-state index contributed by atoms with van der Waals surface area (Å²) in [7, 11) is 0. The van der Waals surface area contributed by atoms with Gasteiger partial charge in [0.25, 0.3) is 5.91 Å². The smallest absolute Gasteiger partial charge is 0.256 e. The molecule has 0 bridgehead atoms. The second-order valence-corrected chi connectivity index (χ2v) is 4.95. The van der Waals surface area contributed by atoms with Gasteiger partial charge in [-0.15, -0.1) is 0 Å². The lowest BCUT2D eigenvalue weighted by Gasteiger charge is -2.20. The van der Waals surface area contributed by atoms with E-state index in [1.165, 1.54) is 6.92 Å². The van der Waals surface area contributed by atoms with Crippen LogP contribution in [0.4, 0.5) is 11.4 Å². The van der Waals surface area contributed by atoms with Crippen LogP contribution in [0.2, 0.25) is 0 Å². The highest BCUT2D eigenvalue weighted by atomic mass is 16.3. The lowest BCUT2D eigenvalue weighted by Crippen LogP contribution is -2.40. The number of anilines is 2. The molecule has 0 spiro atoms. The summed E-state index contributed by atoms with van der Waals surface area (Å²) in [5.41, 5.74) is 0.0561. The van der Waals surface area contributed by atoms with E-state index in [1.807, 2.05) is 0 Å². The first-order valence-electron chi connectivity index (χ1n) is 6.41. The van der Waals surface area contributed by atoms with Crippen molar-refractivity contribution in [1.29, 1.82) is 0 Å². The topological polar surface area (TPSA) is 78.4 Å². The van der Waals surface area contributed by atoms with Crippen LogP contribution in [0.25, 0.3) is 0 Å². The highest BCUT2D eigenvalue weighted by Gasteiger charge is 2.38. The van der Waals surface area contributed by atoms with Gasteiger partial charge in [0.2, 0.25) is 5.91 Å². The number of aliphatic hydroxyl groups is 1. The first-order valence-corrected chi connectivity index (χ1v) is 6.41. The zero-order chi connectivity index (χ0) is 13.9. The predicted molar refractivity (Wildman–Crippen MR) is 72.8 cm³/mol. The van der Waals surface area contributed by atoms with Gasteiger partial charge >= 0.3 is 0 Å². The molecule has 1 fully saturated rings. The van der Waals surface area contributed by atoms with Crippen LogP contribution in [0.1, 0.15) is 32.6 Å². The number of rotatable bonds is 3. The van der Waals surface area contributed by atoms with Crippen molar-refractivity contribution in [3.63, 3.8) is 0 Å². The Balaban J connectivity index is 1.99. The Morgan fingerprint density at radius 1 is 1.05 bits per heavy atom. The number of hydrogen-bond donors (Lipinski definition) is 3. The molecule has 0 heterocycles. The van der Waals surface area contributed by atoms with Gasteiger partial charge in [-0.3, -0.25) is 9.59 Å². The number of hydrogen-bond acceptors (Lipinski definition) is 3. The van der Waals surface area contributed by atoms with Crippen molar-refractivity contribution in [2.24, 2.45) is 0 Å². The first-order chi connectivity index (χ1) is 8.99. The van der Waals surface area contributed by atoms with Gasteiger partial charge in [-0.05, 0) is 49.9 Å². The number of carbonyl (C=O) groups excluding carboxylic acids is 2. The van der Waals surface area contributed by atoms with Gasteiger partial charge in [-0.25, -0.2) is 0 Å². The fraction of sp³-hybridized carbons (Fsp3) is 0.429. The Morgan fingerprint density at radius 3 is 2.00 bits per heavy atom. The Bertz CT molecular complexity index is 476. The van der Waals surface area contributed by atoms with Crippen LogP contribution < -0.4 is 10.6 Å². The maximum Gasteiger partial charge on any atom is 0.256 e. The summed E-state index contributed by atoms with van der Waals surface area (Å²) in [6.07, 6.45) is 2.79. The van der Waals surface area contributed by atoms with Crippen LogP contribution in [-0.2, 0) is 9.59 Å². The van der Waals surface area contributed by atoms with Crippen molar-refractivity contribution in [1.82, 2.24) is 0 Å². The lowest BCUT2D eigenvalue weighted by molar-refractivity contribution is -0.133. The summed E-state index contributed by atoms with van der Waals surface area (Å²) < 4.78 is 0. The molecular formula is C14H18N2O3. The maximum absolute atomic E-state index is 12.0. The molecule has 1 aromatic carbocycles. The van der Waals surface area contributed by atoms with Crippen molar-refractivity contribution < 1.29 is 14.7 Å². The quantitative estimate of drug-likeness (QED) is 0.778. The predicted octanol–water partition coefficient (Wildman–Crippen LogP) is 1.89. The minimum absolute atomic E-state index is 0.142. The average Bonchev–Trinajstić information content (AvgIpc) is 2.79. The van der Waals surface area contributed by atoms with Crippen molar-refractivity contribution in [2.45, 2.75) is 38.2 Å². The molecule has 3 N–H and O–H groups in total. The molecule has 0 saturated heterocycles.